The molecule has 1 aliphatic rings. The Bertz CT molecular complexity index is 1010. The van der Waals surface area contributed by atoms with E-state index in [1.807, 2.05) is 42.5 Å². The summed E-state index contributed by atoms with van der Waals surface area (Å²) in [5.74, 6) is -0.251. The molecular weight excluding hydrogens is 330 g/mol. The summed E-state index contributed by atoms with van der Waals surface area (Å²) in [5, 5.41) is 13.9. The van der Waals surface area contributed by atoms with Crippen molar-refractivity contribution in [1.29, 1.82) is 0 Å². The molecule has 0 heterocycles. The fourth-order valence-corrected chi connectivity index (χ4v) is 3.70. The standard InChI is InChI=1S/C21H17NO4/c1-26-16-11-9-15(10-12-16)20(23)21(22(24)25)13-19(21)18-8-4-6-14-5-2-3-7-17(14)18/h2-12,19H,13H2,1H3/t19-,21-/m0/s1. The van der Waals surface area contributed by atoms with E-state index in [0.717, 1.165) is 16.3 Å². The molecule has 130 valence electrons. The first kappa shape index (κ1) is 16.3. The fraction of sp³-hybridized carbons (Fsp3) is 0.190. The van der Waals surface area contributed by atoms with E-state index in [1.54, 1.807) is 24.3 Å². The predicted octanol–water partition coefficient (Wildman–Crippen LogP) is 4.23. The molecule has 0 aromatic heterocycles. The van der Waals surface area contributed by atoms with Crippen LogP contribution in [0.15, 0.2) is 66.7 Å². The first-order valence-electron chi connectivity index (χ1n) is 8.39. The molecule has 0 aliphatic heterocycles. The average molecular weight is 347 g/mol. The van der Waals surface area contributed by atoms with Gasteiger partial charge in [0.15, 0.2) is 0 Å². The van der Waals surface area contributed by atoms with Crippen molar-refractivity contribution < 1.29 is 14.5 Å². The Hall–Kier alpha value is -3.21. The van der Waals surface area contributed by atoms with Gasteiger partial charge in [-0.15, -0.1) is 0 Å². The van der Waals surface area contributed by atoms with Gasteiger partial charge in [0.05, 0.1) is 13.0 Å². The molecule has 2 atom stereocenters. The Balaban J connectivity index is 1.75. The van der Waals surface area contributed by atoms with E-state index in [9.17, 15) is 14.9 Å². The van der Waals surface area contributed by atoms with Crippen LogP contribution in [0.3, 0.4) is 0 Å². The number of carbonyl (C=O) groups is 1. The van der Waals surface area contributed by atoms with Crippen LogP contribution in [0, 0.1) is 10.1 Å². The highest BCUT2D eigenvalue weighted by Gasteiger charge is 2.72. The normalized spacial score (nSPS) is 21.3. The molecule has 0 spiro atoms. The van der Waals surface area contributed by atoms with Crippen molar-refractivity contribution in [2.75, 3.05) is 7.11 Å². The second kappa shape index (κ2) is 5.95. The van der Waals surface area contributed by atoms with Crippen molar-refractivity contribution in [3.63, 3.8) is 0 Å². The van der Waals surface area contributed by atoms with Crippen LogP contribution in [0.1, 0.15) is 28.3 Å². The Labute approximate surface area is 150 Å². The van der Waals surface area contributed by atoms with Crippen LogP contribution in [0.4, 0.5) is 0 Å². The zero-order valence-electron chi connectivity index (χ0n) is 14.2. The molecule has 0 N–H and O–H groups in total. The largest absolute Gasteiger partial charge is 0.497 e. The van der Waals surface area contributed by atoms with Crippen molar-refractivity contribution in [1.82, 2.24) is 0 Å². The van der Waals surface area contributed by atoms with E-state index in [0.29, 0.717) is 11.3 Å². The summed E-state index contributed by atoms with van der Waals surface area (Å²) in [6.07, 6.45) is 0.221. The van der Waals surface area contributed by atoms with Crippen molar-refractivity contribution in [3.05, 3.63) is 88.0 Å². The monoisotopic (exact) mass is 347 g/mol. The molecule has 0 amide bonds. The van der Waals surface area contributed by atoms with Gasteiger partial charge in [-0.2, -0.15) is 0 Å². The molecule has 5 heteroatoms. The number of methoxy groups -OCH3 is 1. The maximum absolute atomic E-state index is 13.0. The highest BCUT2D eigenvalue weighted by Crippen LogP contribution is 2.56. The van der Waals surface area contributed by atoms with E-state index in [1.165, 1.54) is 7.11 Å². The number of ether oxygens (including phenoxy) is 1. The third-order valence-corrected chi connectivity index (χ3v) is 5.20. The number of Topliss-reactive ketones (excluding diaryl/α,β-unsaturated/α-hetero) is 1. The average Bonchev–Trinajstić information content (AvgIpc) is 3.44. The van der Waals surface area contributed by atoms with Crippen LogP contribution < -0.4 is 4.74 Å². The maximum atomic E-state index is 13.0. The van der Waals surface area contributed by atoms with Gasteiger partial charge in [-0.05, 0) is 40.6 Å². The highest BCUT2D eigenvalue weighted by molar-refractivity contribution is 6.06. The van der Waals surface area contributed by atoms with Gasteiger partial charge in [-0.3, -0.25) is 14.9 Å². The minimum Gasteiger partial charge on any atom is -0.497 e. The van der Waals surface area contributed by atoms with Crippen molar-refractivity contribution in [2.45, 2.75) is 17.9 Å². The zero-order chi connectivity index (χ0) is 18.3. The second-order valence-electron chi connectivity index (χ2n) is 6.56. The van der Waals surface area contributed by atoms with Crippen molar-refractivity contribution >= 4 is 16.6 Å². The third-order valence-electron chi connectivity index (χ3n) is 5.20. The number of fused-ring (bicyclic) bond motifs is 1. The van der Waals surface area contributed by atoms with Gasteiger partial charge in [-0.25, -0.2) is 0 Å². The van der Waals surface area contributed by atoms with Crippen LogP contribution >= 0.6 is 0 Å². The van der Waals surface area contributed by atoms with Crippen LogP contribution in [-0.2, 0) is 0 Å². The topological polar surface area (TPSA) is 69.4 Å². The van der Waals surface area contributed by atoms with Gasteiger partial charge < -0.3 is 4.74 Å². The summed E-state index contributed by atoms with van der Waals surface area (Å²) in [4.78, 5) is 24.5. The Morgan fingerprint density at radius 1 is 1.08 bits per heavy atom. The summed E-state index contributed by atoms with van der Waals surface area (Å²) in [6.45, 7) is 0. The molecule has 0 unspecified atom stereocenters. The lowest BCUT2D eigenvalue weighted by atomic mass is 9.94. The molecule has 0 radical (unpaired) electrons. The minimum absolute atomic E-state index is 0.221. The van der Waals surface area contributed by atoms with E-state index >= 15 is 0 Å². The minimum atomic E-state index is -1.58. The molecule has 1 aliphatic carbocycles. The van der Waals surface area contributed by atoms with Crippen LogP contribution in [0.2, 0.25) is 0 Å². The van der Waals surface area contributed by atoms with E-state index < -0.39 is 22.2 Å². The van der Waals surface area contributed by atoms with Gasteiger partial charge in [0.1, 0.15) is 5.75 Å². The van der Waals surface area contributed by atoms with Crippen molar-refractivity contribution in [3.8, 4) is 5.75 Å². The van der Waals surface area contributed by atoms with Gasteiger partial charge in [0.2, 0.25) is 5.78 Å². The lowest BCUT2D eigenvalue weighted by Gasteiger charge is -2.11. The predicted molar refractivity (Wildman–Crippen MR) is 98.4 cm³/mol. The quantitative estimate of drug-likeness (QED) is 0.393. The van der Waals surface area contributed by atoms with Crippen LogP contribution in [0.25, 0.3) is 10.8 Å². The van der Waals surface area contributed by atoms with Crippen LogP contribution in [0.5, 0.6) is 5.75 Å². The highest BCUT2D eigenvalue weighted by atomic mass is 16.6. The Morgan fingerprint density at radius 3 is 2.46 bits per heavy atom. The molecule has 3 aromatic rings. The lowest BCUT2D eigenvalue weighted by molar-refractivity contribution is -0.521. The van der Waals surface area contributed by atoms with E-state index in [2.05, 4.69) is 0 Å². The molecule has 5 nitrogen and oxygen atoms in total. The maximum Gasteiger partial charge on any atom is 0.291 e. The second-order valence-corrected chi connectivity index (χ2v) is 6.56. The van der Waals surface area contributed by atoms with Gasteiger partial charge in [0.25, 0.3) is 5.54 Å². The number of hydrogen-bond donors (Lipinski definition) is 0. The summed E-state index contributed by atoms with van der Waals surface area (Å²) < 4.78 is 5.09. The Morgan fingerprint density at radius 2 is 1.77 bits per heavy atom. The number of nitro groups is 1. The van der Waals surface area contributed by atoms with Crippen molar-refractivity contribution in [2.24, 2.45) is 0 Å². The SMILES string of the molecule is COc1ccc(C(=O)[C@]2([N+](=O)[O-])C[C@H]2c2cccc3ccccc23)cc1. The summed E-state index contributed by atoms with van der Waals surface area (Å²) >= 11 is 0. The zero-order valence-corrected chi connectivity index (χ0v) is 14.2. The number of ketones is 1. The molecule has 3 aromatic carbocycles. The molecule has 1 saturated carbocycles. The number of benzene rings is 3. The smallest absolute Gasteiger partial charge is 0.291 e. The van der Waals surface area contributed by atoms with Gasteiger partial charge >= 0.3 is 0 Å². The van der Waals surface area contributed by atoms with Gasteiger partial charge in [0, 0.05) is 16.9 Å². The molecule has 26 heavy (non-hydrogen) atoms. The number of nitrogens with zero attached hydrogens (tertiary/aromatic N) is 1. The van der Waals surface area contributed by atoms with Gasteiger partial charge in [-0.1, -0.05) is 42.5 Å². The Kier molecular flexibility index (Phi) is 3.72. The third kappa shape index (κ3) is 2.36. The fourth-order valence-electron chi connectivity index (χ4n) is 3.70. The van der Waals surface area contributed by atoms with E-state index in [4.69, 9.17) is 4.74 Å². The molecular formula is C21H17NO4. The number of carbonyl (C=O) groups excluding carboxylic acids is 1. The van der Waals surface area contributed by atoms with Crippen LogP contribution in [-0.4, -0.2) is 23.4 Å². The first-order chi connectivity index (χ1) is 12.6. The molecule has 0 saturated heterocycles. The molecule has 1 fully saturated rings. The van der Waals surface area contributed by atoms with E-state index in [-0.39, 0.29) is 6.42 Å². The number of rotatable bonds is 5. The first-order valence-corrected chi connectivity index (χ1v) is 8.39. The number of hydrogen-bond acceptors (Lipinski definition) is 4. The summed E-state index contributed by atoms with van der Waals surface area (Å²) in [7, 11) is 1.53. The summed E-state index contributed by atoms with van der Waals surface area (Å²) in [6, 6.07) is 20.0. The molecule has 4 rings (SSSR count). The summed E-state index contributed by atoms with van der Waals surface area (Å²) in [5.41, 5.74) is -0.384. The lowest BCUT2D eigenvalue weighted by Crippen LogP contribution is -2.34. The molecule has 0 bridgehead atoms.